The van der Waals surface area contributed by atoms with E-state index in [1.165, 1.54) is 4.57 Å². The van der Waals surface area contributed by atoms with Crippen LogP contribution in [0.2, 0.25) is 10.0 Å². The Kier molecular flexibility index (Phi) is 6.04. The predicted molar refractivity (Wildman–Crippen MR) is 140 cm³/mol. The summed E-state index contributed by atoms with van der Waals surface area (Å²) in [7, 11) is 1.64. The summed E-state index contributed by atoms with van der Waals surface area (Å²) >= 11 is 12.5. The van der Waals surface area contributed by atoms with Crippen LogP contribution in [0.1, 0.15) is 41.4 Å². The standard InChI is InChI=1S/C27H26Cl2N4O2/c1-4-17-12-18(35-3)13-19-20(17)15-27(26(19)30)8-10-32(11-9-27)23-14-24(34)33(16(2)31-23)22-7-5-6-21(28)25(22)29/h1,5-7,12-14,26H,8-11,15,30H2,2-3H3/t26-/m1/s1. The Morgan fingerprint density at radius 2 is 1.97 bits per heavy atom. The van der Waals surface area contributed by atoms with Gasteiger partial charge in [-0.25, -0.2) is 4.98 Å². The Bertz CT molecular complexity index is 1420. The fourth-order valence-corrected chi connectivity index (χ4v) is 5.93. The van der Waals surface area contributed by atoms with Gasteiger partial charge in [-0.05, 0) is 67.0 Å². The van der Waals surface area contributed by atoms with Crippen LogP contribution in [0.5, 0.6) is 5.75 Å². The van der Waals surface area contributed by atoms with E-state index >= 15 is 0 Å². The lowest BCUT2D eigenvalue weighted by atomic mass is 9.73. The van der Waals surface area contributed by atoms with Gasteiger partial charge in [0.25, 0.3) is 5.56 Å². The first kappa shape index (κ1) is 23.7. The summed E-state index contributed by atoms with van der Waals surface area (Å²) in [5.41, 5.74) is 10.2. The zero-order valence-electron chi connectivity index (χ0n) is 19.6. The van der Waals surface area contributed by atoms with Gasteiger partial charge in [0.1, 0.15) is 17.4 Å². The van der Waals surface area contributed by atoms with Crippen LogP contribution in [0.15, 0.2) is 41.2 Å². The quantitative estimate of drug-likeness (QED) is 0.520. The Hall–Kier alpha value is -2.98. The van der Waals surface area contributed by atoms with E-state index in [4.69, 9.17) is 45.1 Å². The molecule has 0 bridgehead atoms. The van der Waals surface area contributed by atoms with Gasteiger partial charge in [0.05, 0.1) is 22.8 Å². The Labute approximate surface area is 214 Å². The number of hydrogen-bond donors (Lipinski definition) is 1. The van der Waals surface area contributed by atoms with Crippen LogP contribution in [-0.4, -0.2) is 29.8 Å². The minimum atomic E-state index is -0.201. The molecule has 2 aliphatic rings. The maximum Gasteiger partial charge on any atom is 0.260 e. The molecule has 1 fully saturated rings. The van der Waals surface area contributed by atoms with Crippen molar-refractivity contribution in [3.63, 3.8) is 0 Å². The second-order valence-corrected chi connectivity index (χ2v) is 10.1. The third-order valence-corrected chi connectivity index (χ3v) is 8.31. The van der Waals surface area contributed by atoms with E-state index in [1.54, 1.807) is 38.3 Å². The molecule has 1 saturated heterocycles. The molecule has 1 atom stereocenters. The fourth-order valence-electron chi connectivity index (χ4n) is 5.55. The van der Waals surface area contributed by atoms with Crippen molar-refractivity contribution in [2.45, 2.75) is 32.2 Å². The molecule has 0 saturated carbocycles. The molecular weight excluding hydrogens is 483 g/mol. The molecule has 2 heterocycles. The first-order valence-corrected chi connectivity index (χ1v) is 12.3. The predicted octanol–water partition coefficient (Wildman–Crippen LogP) is 4.68. The lowest BCUT2D eigenvalue weighted by molar-refractivity contribution is 0.187. The molecule has 6 nitrogen and oxygen atoms in total. The summed E-state index contributed by atoms with van der Waals surface area (Å²) in [5.74, 6) is 4.75. The molecule has 3 aromatic rings. The molecule has 8 heteroatoms. The number of halogens is 2. The molecule has 0 unspecified atom stereocenters. The van der Waals surface area contributed by atoms with Crippen molar-refractivity contribution >= 4 is 29.0 Å². The number of nitrogens with two attached hydrogens (primary N) is 1. The van der Waals surface area contributed by atoms with Crippen LogP contribution in [-0.2, 0) is 6.42 Å². The van der Waals surface area contributed by atoms with Crippen LogP contribution in [0, 0.1) is 24.7 Å². The number of aromatic nitrogens is 2. The van der Waals surface area contributed by atoms with Gasteiger partial charge in [0, 0.05) is 30.8 Å². The number of methoxy groups -OCH3 is 1. The molecule has 35 heavy (non-hydrogen) atoms. The normalized spacial score (nSPS) is 18.4. The number of hydrogen-bond acceptors (Lipinski definition) is 5. The van der Waals surface area contributed by atoms with E-state index in [1.807, 2.05) is 12.1 Å². The van der Waals surface area contributed by atoms with E-state index < -0.39 is 0 Å². The van der Waals surface area contributed by atoms with E-state index in [0.717, 1.165) is 54.8 Å². The fraction of sp³-hybridized carbons (Fsp3) is 0.333. The van der Waals surface area contributed by atoms with Crippen molar-refractivity contribution in [3.8, 4) is 23.8 Å². The van der Waals surface area contributed by atoms with Gasteiger partial charge in [0.15, 0.2) is 0 Å². The molecule has 5 rings (SSSR count). The largest absolute Gasteiger partial charge is 0.497 e. The maximum absolute atomic E-state index is 13.1. The monoisotopic (exact) mass is 508 g/mol. The molecule has 1 aromatic heterocycles. The van der Waals surface area contributed by atoms with Crippen molar-refractivity contribution in [1.82, 2.24) is 9.55 Å². The highest BCUT2D eigenvalue weighted by molar-refractivity contribution is 6.43. The third-order valence-electron chi connectivity index (χ3n) is 7.50. The van der Waals surface area contributed by atoms with E-state index in [-0.39, 0.29) is 17.0 Å². The summed E-state index contributed by atoms with van der Waals surface area (Å²) in [4.78, 5) is 20.0. The highest BCUT2D eigenvalue weighted by atomic mass is 35.5. The van der Waals surface area contributed by atoms with Crippen molar-refractivity contribution in [3.05, 3.63) is 79.3 Å². The van der Waals surface area contributed by atoms with Gasteiger partial charge in [0.2, 0.25) is 0 Å². The smallest absolute Gasteiger partial charge is 0.260 e. The minimum absolute atomic E-state index is 0.0743. The zero-order chi connectivity index (χ0) is 24.9. The Morgan fingerprint density at radius 3 is 2.63 bits per heavy atom. The van der Waals surface area contributed by atoms with Crippen LogP contribution in [0.3, 0.4) is 0 Å². The molecule has 0 radical (unpaired) electrons. The number of ether oxygens (including phenoxy) is 1. The number of anilines is 1. The zero-order valence-corrected chi connectivity index (χ0v) is 21.2. The van der Waals surface area contributed by atoms with E-state index in [9.17, 15) is 4.79 Å². The van der Waals surface area contributed by atoms with Crippen molar-refractivity contribution in [2.75, 3.05) is 25.1 Å². The van der Waals surface area contributed by atoms with Crippen LogP contribution in [0.25, 0.3) is 5.69 Å². The molecule has 1 aliphatic heterocycles. The van der Waals surface area contributed by atoms with Gasteiger partial charge in [-0.2, -0.15) is 0 Å². The number of benzene rings is 2. The van der Waals surface area contributed by atoms with Crippen molar-refractivity contribution in [2.24, 2.45) is 11.1 Å². The van der Waals surface area contributed by atoms with Gasteiger partial charge >= 0.3 is 0 Å². The minimum Gasteiger partial charge on any atom is -0.497 e. The topological polar surface area (TPSA) is 73.4 Å². The third kappa shape index (κ3) is 3.88. The summed E-state index contributed by atoms with van der Waals surface area (Å²) in [6.45, 7) is 3.29. The van der Waals surface area contributed by atoms with Gasteiger partial charge in [-0.15, -0.1) is 6.42 Å². The molecule has 1 spiro atoms. The molecule has 0 amide bonds. The van der Waals surface area contributed by atoms with E-state index in [0.29, 0.717) is 27.4 Å². The molecular formula is C27H26Cl2N4O2. The van der Waals surface area contributed by atoms with Crippen LogP contribution < -0.4 is 20.9 Å². The van der Waals surface area contributed by atoms with Gasteiger partial charge < -0.3 is 15.4 Å². The second kappa shape index (κ2) is 8.91. The summed E-state index contributed by atoms with van der Waals surface area (Å²) in [5, 5.41) is 0.715. The molecule has 2 aromatic carbocycles. The highest BCUT2D eigenvalue weighted by Gasteiger charge is 2.47. The summed E-state index contributed by atoms with van der Waals surface area (Å²) in [6.07, 6.45) is 8.40. The average Bonchev–Trinajstić information content (AvgIpc) is 3.12. The number of aryl methyl sites for hydroxylation is 1. The van der Waals surface area contributed by atoms with E-state index in [2.05, 4.69) is 10.8 Å². The lowest BCUT2D eigenvalue weighted by Crippen LogP contribution is -2.45. The number of piperidine rings is 1. The lowest BCUT2D eigenvalue weighted by Gasteiger charge is -2.42. The number of rotatable bonds is 3. The molecule has 2 N–H and O–H groups in total. The summed E-state index contributed by atoms with van der Waals surface area (Å²) in [6, 6.07) is 10.6. The average molecular weight is 509 g/mol. The first-order chi connectivity index (χ1) is 16.8. The molecule has 180 valence electrons. The SMILES string of the molecule is C#Cc1cc(OC)cc2c1CC1(CCN(c3cc(=O)n(-c4cccc(Cl)c4Cl)c(C)n3)CC1)[C@@H]2N. The number of nitrogens with zero attached hydrogens (tertiary/aromatic N) is 3. The van der Waals surface area contributed by atoms with Crippen LogP contribution in [0.4, 0.5) is 5.82 Å². The first-order valence-electron chi connectivity index (χ1n) is 11.5. The summed E-state index contributed by atoms with van der Waals surface area (Å²) < 4.78 is 6.93. The molecule has 1 aliphatic carbocycles. The van der Waals surface area contributed by atoms with Crippen molar-refractivity contribution < 1.29 is 4.74 Å². The van der Waals surface area contributed by atoms with Gasteiger partial charge in [-0.3, -0.25) is 9.36 Å². The number of terminal acetylenes is 1. The second-order valence-electron chi connectivity index (χ2n) is 9.30. The van der Waals surface area contributed by atoms with Crippen LogP contribution >= 0.6 is 23.2 Å². The van der Waals surface area contributed by atoms with Gasteiger partial charge in [-0.1, -0.05) is 35.2 Å². The highest BCUT2D eigenvalue weighted by Crippen LogP contribution is 2.52. The maximum atomic E-state index is 13.1. The number of fused-ring (bicyclic) bond motifs is 1. The Morgan fingerprint density at radius 1 is 1.23 bits per heavy atom. The Balaban J connectivity index is 1.40. The van der Waals surface area contributed by atoms with Crippen molar-refractivity contribution in [1.29, 1.82) is 0 Å².